The average molecular weight is 462 g/mol. The predicted octanol–water partition coefficient (Wildman–Crippen LogP) is 5.54. The van der Waals surface area contributed by atoms with E-state index in [4.69, 9.17) is 4.98 Å². The van der Waals surface area contributed by atoms with E-state index in [-0.39, 0.29) is 11.2 Å². The standard InChI is InChI=1S/C23H16BrN3O3/c1-15-3-2-4-19(13-15)26-22(12-7-16-5-9-18(10-6-16)27(29)30)25-21-11-8-17(24)14-20(21)23(26)28/h2-14H,1H3. The Bertz CT molecular complexity index is 1360. The van der Waals surface area contributed by atoms with Gasteiger partial charge in [-0.25, -0.2) is 4.98 Å². The van der Waals surface area contributed by atoms with Gasteiger partial charge in [0.2, 0.25) is 0 Å². The van der Waals surface area contributed by atoms with Crippen molar-refractivity contribution in [1.82, 2.24) is 9.55 Å². The number of halogens is 1. The first-order valence-corrected chi connectivity index (χ1v) is 9.93. The van der Waals surface area contributed by atoms with Crippen LogP contribution in [-0.2, 0) is 0 Å². The van der Waals surface area contributed by atoms with Gasteiger partial charge in [-0.3, -0.25) is 19.5 Å². The van der Waals surface area contributed by atoms with Gasteiger partial charge in [0.15, 0.2) is 0 Å². The highest BCUT2D eigenvalue weighted by Gasteiger charge is 2.12. The van der Waals surface area contributed by atoms with Gasteiger partial charge in [0.05, 0.1) is 21.5 Å². The van der Waals surface area contributed by atoms with E-state index in [2.05, 4.69) is 15.9 Å². The smallest absolute Gasteiger partial charge is 0.268 e. The van der Waals surface area contributed by atoms with E-state index in [1.807, 2.05) is 37.3 Å². The molecule has 0 radical (unpaired) electrons. The highest BCUT2D eigenvalue weighted by atomic mass is 79.9. The molecule has 0 saturated carbocycles. The van der Waals surface area contributed by atoms with Gasteiger partial charge in [0.1, 0.15) is 5.82 Å². The van der Waals surface area contributed by atoms with E-state index in [1.165, 1.54) is 12.1 Å². The minimum Gasteiger partial charge on any atom is -0.268 e. The van der Waals surface area contributed by atoms with Gasteiger partial charge in [-0.05, 0) is 66.6 Å². The molecule has 3 aromatic carbocycles. The number of non-ortho nitro benzene ring substituents is 1. The predicted molar refractivity (Wildman–Crippen MR) is 122 cm³/mol. The molecular weight excluding hydrogens is 446 g/mol. The van der Waals surface area contributed by atoms with Crippen molar-refractivity contribution in [2.75, 3.05) is 0 Å². The third-order valence-corrected chi connectivity index (χ3v) is 5.14. The summed E-state index contributed by atoms with van der Waals surface area (Å²) in [4.78, 5) is 28.4. The first-order chi connectivity index (χ1) is 14.4. The number of aryl methyl sites for hydroxylation is 1. The number of rotatable bonds is 4. The number of fused-ring (bicyclic) bond motifs is 1. The summed E-state index contributed by atoms with van der Waals surface area (Å²) < 4.78 is 2.38. The summed E-state index contributed by atoms with van der Waals surface area (Å²) in [5.74, 6) is 0.471. The van der Waals surface area contributed by atoms with Gasteiger partial charge in [-0.1, -0.05) is 34.1 Å². The summed E-state index contributed by atoms with van der Waals surface area (Å²) >= 11 is 3.42. The molecule has 0 aliphatic heterocycles. The van der Waals surface area contributed by atoms with Gasteiger partial charge in [0.25, 0.3) is 11.2 Å². The molecule has 0 fully saturated rings. The third-order valence-electron chi connectivity index (χ3n) is 4.64. The average Bonchev–Trinajstić information content (AvgIpc) is 2.73. The zero-order valence-corrected chi connectivity index (χ0v) is 17.5. The first-order valence-electron chi connectivity index (χ1n) is 9.14. The minimum atomic E-state index is -0.439. The summed E-state index contributed by atoms with van der Waals surface area (Å²) in [5.41, 5.74) is 2.96. The van der Waals surface area contributed by atoms with Crippen LogP contribution in [0, 0.1) is 17.0 Å². The second-order valence-corrected chi connectivity index (χ2v) is 7.71. The molecule has 148 valence electrons. The Morgan fingerprint density at radius 1 is 1.03 bits per heavy atom. The molecule has 0 unspecified atom stereocenters. The van der Waals surface area contributed by atoms with Crippen molar-refractivity contribution < 1.29 is 4.92 Å². The van der Waals surface area contributed by atoms with Gasteiger partial charge in [0, 0.05) is 16.6 Å². The van der Waals surface area contributed by atoms with Crippen LogP contribution in [0.3, 0.4) is 0 Å². The minimum absolute atomic E-state index is 0.0261. The van der Waals surface area contributed by atoms with E-state index in [0.29, 0.717) is 16.7 Å². The van der Waals surface area contributed by atoms with Crippen LogP contribution in [0.4, 0.5) is 5.69 Å². The van der Waals surface area contributed by atoms with Crippen molar-refractivity contribution in [3.63, 3.8) is 0 Å². The molecule has 0 amide bonds. The second-order valence-electron chi connectivity index (χ2n) is 6.79. The maximum atomic E-state index is 13.3. The van der Waals surface area contributed by atoms with E-state index in [0.717, 1.165) is 21.3 Å². The van der Waals surface area contributed by atoms with Crippen molar-refractivity contribution in [3.8, 4) is 5.69 Å². The SMILES string of the molecule is Cc1cccc(-n2c(C=Cc3ccc([N+](=O)[O-])cc3)nc3ccc(Br)cc3c2=O)c1. The molecule has 1 aromatic heterocycles. The molecule has 0 bridgehead atoms. The van der Waals surface area contributed by atoms with Crippen molar-refractivity contribution in [2.24, 2.45) is 0 Å². The Morgan fingerprint density at radius 2 is 1.80 bits per heavy atom. The fourth-order valence-corrected chi connectivity index (χ4v) is 3.54. The van der Waals surface area contributed by atoms with E-state index in [9.17, 15) is 14.9 Å². The van der Waals surface area contributed by atoms with Crippen LogP contribution >= 0.6 is 15.9 Å². The van der Waals surface area contributed by atoms with Crippen molar-refractivity contribution in [1.29, 1.82) is 0 Å². The molecule has 7 heteroatoms. The number of hydrogen-bond donors (Lipinski definition) is 0. The number of nitro benzene ring substituents is 1. The molecule has 0 saturated heterocycles. The molecule has 4 rings (SSSR count). The Hall–Kier alpha value is -3.58. The summed E-state index contributed by atoms with van der Waals surface area (Å²) in [5, 5.41) is 11.4. The molecule has 1 heterocycles. The normalized spacial score (nSPS) is 11.3. The van der Waals surface area contributed by atoms with E-state index >= 15 is 0 Å². The lowest BCUT2D eigenvalue weighted by atomic mass is 10.1. The lowest BCUT2D eigenvalue weighted by Crippen LogP contribution is -2.22. The molecule has 0 aliphatic carbocycles. The molecule has 0 spiro atoms. The lowest BCUT2D eigenvalue weighted by molar-refractivity contribution is -0.384. The number of aromatic nitrogens is 2. The van der Waals surface area contributed by atoms with Crippen LogP contribution < -0.4 is 5.56 Å². The maximum Gasteiger partial charge on any atom is 0.269 e. The molecule has 6 nitrogen and oxygen atoms in total. The highest BCUT2D eigenvalue weighted by Crippen LogP contribution is 2.20. The first kappa shape index (κ1) is 19.7. The summed E-state index contributed by atoms with van der Waals surface area (Å²) in [6.07, 6.45) is 3.52. The van der Waals surface area contributed by atoms with Crippen molar-refractivity contribution in [2.45, 2.75) is 6.92 Å². The van der Waals surface area contributed by atoms with Gasteiger partial charge in [-0.15, -0.1) is 0 Å². The molecule has 4 aromatic rings. The number of nitro groups is 1. The van der Waals surface area contributed by atoms with Crippen LogP contribution in [0.2, 0.25) is 0 Å². The molecular formula is C23H16BrN3O3. The largest absolute Gasteiger partial charge is 0.269 e. The summed E-state index contributed by atoms with van der Waals surface area (Å²) in [6.45, 7) is 1.96. The lowest BCUT2D eigenvalue weighted by Gasteiger charge is -2.12. The van der Waals surface area contributed by atoms with Crippen LogP contribution in [0.5, 0.6) is 0 Å². The van der Waals surface area contributed by atoms with Crippen molar-refractivity contribution >= 4 is 44.7 Å². The number of benzene rings is 3. The monoisotopic (exact) mass is 461 g/mol. The van der Waals surface area contributed by atoms with Crippen molar-refractivity contribution in [3.05, 3.63) is 109 Å². The van der Waals surface area contributed by atoms with E-state index < -0.39 is 4.92 Å². The van der Waals surface area contributed by atoms with Crippen LogP contribution in [0.1, 0.15) is 17.0 Å². The Morgan fingerprint density at radius 3 is 2.50 bits per heavy atom. The quantitative estimate of drug-likeness (QED) is 0.295. The third kappa shape index (κ3) is 3.92. The highest BCUT2D eigenvalue weighted by molar-refractivity contribution is 9.10. The Kier molecular flexibility index (Phi) is 5.29. The zero-order valence-electron chi connectivity index (χ0n) is 15.9. The molecule has 0 N–H and O–H groups in total. The van der Waals surface area contributed by atoms with Gasteiger partial charge < -0.3 is 0 Å². The summed E-state index contributed by atoms with van der Waals surface area (Å²) in [6, 6.07) is 19.2. The Balaban J connectivity index is 1.89. The molecule has 0 atom stereocenters. The summed E-state index contributed by atoms with van der Waals surface area (Å²) in [7, 11) is 0. The fourth-order valence-electron chi connectivity index (χ4n) is 3.18. The second kappa shape index (κ2) is 8.04. The van der Waals surface area contributed by atoms with Crippen LogP contribution in [-0.4, -0.2) is 14.5 Å². The van der Waals surface area contributed by atoms with Crippen LogP contribution in [0.15, 0.2) is 76.0 Å². The van der Waals surface area contributed by atoms with Crippen LogP contribution in [0.25, 0.3) is 28.7 Å². The molecule has 30 heavy (non-hydrogen) atoms. The molecule has 0 aliphatic rings. The van der Waals surface area contributed by atoms with Gasteiger partial charge in [-0.2, -0.15) is 0 Å². The Labute approximate surface area is 180 Å². The number of hydrogen-bond acceptors (Lipinski definition) is 4. The maximum absolute atomic E-state index is 13.3. The number of nitrogens with zero attached hydrogens (tertiary/aromatic N) is 3. The van der Waals surface area contributed by atoms with E-state index in [1.54, 1.807) is 41.0 Å². The zero-order chi connectivity index (χ0) is 21.3. The topological polar surface area (TPSA) is 78.0 Å². The van der Waals surface area contributed by atoms with Gasteiger partial charge >= 0.3 is 0 Å². The fraction of sp³-hybridized carbons (Fsp3) is 0.0435.